The number of hydrogen-bond donors (Lipinski definition) is 0. The number of esters is 3. The normalized spacial score (nSPS) is 10.7. The summed E-state index contributed by atoms with van der Waals surface area (Å²) in [6, 6.07) is 43.2. The van der Waals surface area contributed by atoms with Crippen LogP contribution in [0.2, 0.25) is 0 Å². The largest absolute Gasteiger partial charge is 0.495 e. The van der Waals surface area contributed by atoms with E-state index in [0.717, 1.165) is 67.5 Å². The van der Waals surface area contributed by atoms with Crippen molar-refractivity contribution in [1.29, 1.82) is 0 Å². The molecule has 10 heteroatoms. The Kier molecular flexibility index (Phi) is 16.8. The van der Waals surface area contributed by atoms with Gasteiger partial charge in [0.2, 0.25) is 0 Å². The molecule has 0 atom stereocenters. The highest BCUT2D eigenvalue weighted by Gasteiger charge is 2.22. The van der Waals surface area contributed by atoms with Crippen LogP contribution in [0.15, 0.2) is 164 Å². The monoisotopic (exact) mass is 912 g/mol. The highest BCUT2D eigenvalue weighted by Crippen LogP contribution is 2.45. The first kappa shape index (κ1) is 49.6. The molecule has 0 aromatic heterocycles. The van der Waals surface area contributed by atoms with Crippen molar-refractivity contribution in [2.75, 3.05) is 43.8 Å². The van der Waals surface area contributed by atoms with E-state index in [0.29, 0.717) is 47.5 Å². The maximum atomic E-state index is 12.0. The van der Waals surface area contributed by atoms with Gasteiger partial charge in [0.1, 0.15) is 11.5 Å². The molecule has 0 bridgehead atoms. The van der Waals surface area contributed by atoms with E-state index in [9.17, 15) is 14.4 Å². The molecule has 0 aliphatic rings. The van der Waals surface area contributed by atoms with Crippen molar-refractivity contribution < 1.29 is 38.1 Å². The van der Waals surface area contributed by atoms with Gasteiger partial charge in [-0.15, -0.1) is 0 Å². The number of hydrogen-bond acceptors (Lipinski definition) is 10. The third-order valence-electron chi connectivity index (χ3n) is 11.4. The number of carbonyl (C=O) groups is 3. The molecule has 0 heterocycles. The molecule has 6 rings (SSSR count). The lowest BCUT2D eigenvalue weighted by molar-refractivity contribution is -0.139. The van der Waals surface area contributed by atoms with Gasteiger partial charge in [0.25, 0.3) is 0 Å². The minimum absolute atomic E-state index is 0.244. The van der Waals surface area contributed by atoms with Gasteiger partial charge in [-0.1, -0.05) is 74.3 Å². The lowest BCUT2D eigenvalue weighted by atomic mass is 10.0. The Morgan fingerprint density at radius 2 is 0.750 bits per heavy atom. The number of carbonyl (C=O) groups excluding carboxylic acids is 3. The Bertz CT molecular complexity index is 2720. The Morgan fingerprint density at radius 1 is 0.426 bits per heavy atom. The molecular weight excluding hydrogens is 853 g/mol. The molecular formula is C58H60N2O8. The smallest absolute Gasteiger partial charge is 0.333 e. The molecule has 0 aliphatic carbocycles. The van der Waals surface area contributed by atoms with Crippen molar-refractivity contribution in [3.05, 3.63) is 192 Å². The van der Waals surface area contributed by atoms with Gasteiger partial charge < -0.3 is 33.5 Å². The lowest BCUT2D eigenvalue weighted by Crippen LogP contribution is -2.12. The molecule has 0 saturated carbocycles. The fourth-order valence-corrected chi connectivity index (χ4v) is 7.39. The first-order valence-electron chi connectivity index (χ1n) is 22.5. The van der Waals surface area contributed by atoms with Crippen molar-refractivity contribution in [1.82, 2.24) is 0 Å². The van der Waals surface area contributed by atoms with Gasteiger partial charge in [-0.3, -0.25) is 0 Å². The minimum Gasteiger partial charge on any atom is -0.495 e. The molecule has 6 aromatic carbocycles. The van der Waals surface area contributed by atoms with Crippen molar-refractivity contribution in [3.8, 4) is 22.6 Å². The Hall–Kier alpha value is -7.85. The lowest BCUT2D eigenvalue weighted by Gasteiger charge is -2.29. The molecule has 0 unspecified atom stereocenters. The average molecular weight is 913 g/mol. The fraction of sp³-hybridized carbons (Fsp3) is 0.224. The molecule has 10 nitrogen and oxygen atoms in total. The second-order valence-corrected chi connectivity index (χ2v) is 16.7. The Morgan fingerprint density at radius 3 is 1.06 bits per heavy atom. The number of anilines is 6. The second-order valence-electron chi connectivity index (χ2n) is 16.7. The van der Waals surface area contributed by atoms with Gasteiger partial charge in [0, 0.05) is 58.7 Å². The molecule has 0 spiro atoms. The summed E-state index contributed by atoms with van der Waals surface area (Å²) in [6.45, 7) is 20.9. The van der Waals surface area contributed by atoms with Crippen LogP contribution in [0.5, 0.6) is 11.5 Å². The summed E-state index contributed by atoms with van der Waals surface area (Å²) in [5, 5.41) is 0. The zero-order valence-corrected chi connectivity index (χ0v) is 40.1. The number of benzene rings is 6. The van der Waals surface area contributed by atoms with Crippen LogP contribution in [0.25, 0.3) is 11.1 Å². The molecule has 0 fully saturated rings. The van der Waals surface area contributed by atoms with Crippen LogP contribution in [-0.4, -0.2) is 51.9 Å². The highest BCUT2D eigenvalue weighted by molar-refractivity contribution is 5.89. The number of methoxy groups -OCH3 is 2. The van der Waals surface area contributed by atoms with Crippen molar-refractivity contribution >= 4 is 52.0 Å². The zero-order valence-electron chi connectivity index (χ0n) is 40.1. The van der Waals surface area contributed by atoms with Gasteiger partial charge in [-0.25, -0.2) is 14.4 Å². The Balaban J connectivity index is 1.33. The molecule has 0 aliphatic heterocycles. The summed E-state index contributed by atoms with van der Waals surface area (Å²) in [6.07, 6.45) is 1.68. The van der Waals surface area contributed by atoms with E-state index >= 15 is 0 Å². The summed E-state index contributed by atoms with van der Waals surface area (Å²) in [5.41, 5.74) is 13.7. The third-order valence-corrected chi connectivity index (χ3v) is 11.4. The van der Waals surface area contributed by atoms with E-state index in [4.69, 9.17) is 23.7 Å². The standard InChI is InChI=1S/C58H60N2O8/c1-38(2)56(61)66-32-29-43-12-21-48(22-13-43)59(49-23-14-44(15-24-49)30-33-67-57(62)39(3)4)52-27-18-46(36-54(52)64-9)47-19-28-53(55(37-47)65-10)60(51-20-11-41(7)42(8)35-51)50-25-16-45(17-26-50)31-34-68-58(63)40(5)6/h11-28,35-37H,1,3,5,29-34H2,2,4,6-10H3. The second kappa shape index (κ2) is 23.1. The quantitative estimate of drug-likeness (QED) is 0.0394. The van der Waals surface area contributed by atoms with E-state index in [1.165, 1.54) is 5.56 Å². The SMILES string of the molecule is C=C(C)C(=O)OCCc1ccc(N(c2ccc(CCOC(=O)C(=C)C)cc2)c2ccc(-c3ccc(N(c4ccc(CCOC(=O)C(=C)C)cc4)c4ccc(C)c(C)c4)c(OC)c3)cc2OC)cc1. The molecule has 0 saturated heterocycles. The van der Waals surface area contributed by atoms with Crippen molar-refractivity contribution in [2.24, 2.45) is 0 Å². The van der Waals surface area contributed by atoms with Crippen LogP contribution in [0.4, 0.5) is 34.1 Å². The van der Waals surface area contributed by atoms with Gasteiger partial charge >= 0.3 is 17.9 Å². The molecule has 6 aromatic rings. The van der Waals surface area contributed by atoms with Crippen LogP contribution in [0, 0.1) is 13.8 Å². The predicted molar refractivity (Wildman–Crippen MR) is 272 cm³/mol. The molecule has 0 N–H and O–H groups in total. The van der Waals surface area contributed by atoms with Crippen molar-refractivity contribution in [2.45, 2.75) is 53.9 Å². The third kappa shape index (κ3) is 12.5. The van der Waals surface area contributed by atoms with Gasteiger partial charge in [0.15, 0.2) is 0 Å². The van der Waals surface area contributed by atoms with E-state index in [1.54, 1.807) is 35.0 Å². The highest BCUT2D eigenvalue weighted by atomic mass is 16.5. The fourth-order valence-electron chi connectivity index (χ4n) is 7.39. The van der Waals surface area contributed by atoms with E-state index in [-0.39, 0.29) is 19.8 Å². The number of nitrogens with zero attached hydrogens (tertiary/aromatic N) is 2. The summed E-state index contributed by atoms with van der Waals surface area (Å²) in [4.78, 5) is 40.2. The molecule has 68 heavy (non-hydrogen) atoms. The van der Waals surface area contributed by atoms with Crippen LogP contribution < -0.4 is 19.3 Å². The zero-order chi connectivity index (χ0) is 48.9. The first-order valence-corrected chi connectivity index (χ1v) is 22.5. The summed E-state index contributed by atoms with van der Waals surface area (Å²) < 4.78 is 28.4. The van der Waals surface area contributed by atoms with E-state index in [1.807, 2.05) is 78.9 Å². The Labute approximate surface area is 400 Å². The average Bonchev–Trinajstić information content (AvgIpc) is 3.34. The van der Waals surface area contributed by atoms with E-state index < -0.39 is 17.9 Å². The number of rotatable bonds is 21. The maximum Gasteiger partial charge on any atom is 0.333 e. The van der Waals surface area contributed by atoms with Crippen LogP contribution in [0.3, 0.4) is 0 Å². The molecule has 0 amide bonds. The predicted octanol–water partition coefficient (Wildman–Crippen LogP) is 12.9. The molecule has 350 valence electrons. The maximum absolute atomic E-state index is 12.0. The summed E-state index contributed by atoms with van der Waals surface area (Å²) in [7, 11) is 3.34. The van der Waals surface area contributed by atoms with Gasteiger partial charge in [-0.05, 0) is 146 Å². The van der Waals surface area contributed by atoms with Crippen LogP contribution in [-0.2, 0) is 47.9 Å². The molecule has 0 radical (unpaired) electrons. The topological polar surface area (TPSA) is 104 Å². The number of ether oxygens (including phenoxy) is 5. The summed E-state index contributed by atoms with van der Waals surface area (Å²) >= 11 is 0. The van der Waals surface area contributed by atoms with Gasteiger partial charge in [-0.2, -0.15) is 0 Å². The van der Waals surface area contributed by atoms with Crippen LogP contribution >= 0.6 is 0 Å². The van der Waals surface area contributed by atoms with Gasteiger partial charge in [0.05, 0.1) is 45.4 Å². The summed E-state index contributed by atoms with van der Waals surface area (Å²) in [5.74, 6) is 0.104. The first-order chi connectivity index (χ1) is 32.7. The van der Waals surface area contributed by atoms with Crippen molar-refractivity contribution in [3.63, 3.8) is 0 Å². The van der Waals surface area contributed by atoms with Crippen LogP contribution in [0.1, 0.15) is 48.6 Å². The number of aryl methyl sites for hydroxylation is 2. The van der Waals surface area contributed by atoms with E-state index in [2.05, 4.69) is 91.9 Å². The minimum atomic E-state index is -0.408.